The van der Waals surface area contributed by atoms with Crippen LogP contribution in [0.15, 0.2) is 18.2 Å². The minimum Gasteiger partial charge on any atom is -0.385 e. The van der Waals surface area contributed by atoms with Gasteiger partial charge in [0, 0.05) is 32.4 Å². The second-order valence-corrected chi connectivity index (χ2v) is 3.88. The number of hydrogen-bond donors (Lipinski definition) is 1. The summed E-state index contributed by atoms with van der Waals surface area (Å²) in [5.41, 5.74) is -0.633. The second kappa shape index (κ2) is 7.42. The van der Waals surface area contributed by atoms with Crippen molar-refractivity contribution in [3.05, 3.63) is 39.7 Å². The van der Waals surface area contributed by atoms with Crippen LogP contribution in [0.4, 0.5) is 10.1 Å². The summed E-state index contributed by atoms with van der Waals surface area (Å²) in [6.07, 6.45) is 1.46. The van der Waals surface area contributed by atoms with Gasteiger partial charge in [0.2, 0.25) is 0 Å². The Morgan fingerprint density at radius 3 is 2.84 bits per heavy atom. The molecular formula is C12H15FN2O4. The average molecular weight is 270 g/mol. The highest BCUT2D eigenvalue weighted by molar-refractivity contribution is 5.95. The summed E-state index contributed by atoms with van der Waals surface area (Å²) in [6.45, 7) is 0.950. The Morgan fingerprint density at radius 1 is 1.47 bits per heavy atom. The number of nitrogens with one attached hydrogen (secondary N) is 1. The van der Waals surface area contributed by atoms with Crippen LogP contribution in [-0.4, -0.2) is 31.1 Å². The van der Waals surface area contributed by atoms with E-state index < -0.39 is 16.6 Å². The van der Waals surface area contributed by atoms with E-state index in [0.717, 1.165) is 24.6 Å². The molecule has 0 fully saturated rings. The summed E-state index contributed by atoms with van der Waals surface area (Å²) in [5.74, 6) is -1.43. The normalized spacial score (nSPS) is 10.2. The second-order valence-electron chi connectivity index (χ2n) is 3.88. The fourth-order valence-electron chi connectivity index (χ4n) is 1.47. The lowest BCUT2D eigenvalue weighted by atomic mass is 10.1. The largest absolute Gasteiger partial charge is 0.385 e. The van der Waals surface area contributed by atoms with Crippen LogP contribution in [0.2, 0.25) is 0 Å². The van der Waals surface area contributed by atoms with Crippen molar-refractivity contribution in [2.45, 2.75) is 12.8 Å². The van der Waals surface area contributed by atoms with Crippen molar-refractivity contribution in [3.63, 3.8) is 0 Å². The van der Waals surface area contributed by atoms with Gasteiger partial charge in [0.15, 0.2) is 0 Å². The number of nitrogens with zero attached hydrogens (tertiary/aromatic N) is 1. The minimum absolute atomic E-state index is 0.314. The van der Waals surface area contributed by atoms with Gasteiger partial charge in [0.1, 0.15) is 5.82 Å². The summed E-state index contributed by atoms with van der Waals surface area (Å²) in [6, 6.07) is 2.86. The number of carbonyl (C=O) groups excluding carboxylic acids is 1. The summed E-state index contributed by atoms with van der Waals surface area (Å²) in [4.78, 5) is 21.6. The first kappa shape index (κ1) is 15.0. The van der Waals surface area contributed by atoms with E-state index in [9.17, 15) is 19.3 Å². The highest BCUT2D eigenvalue weighted by atomic mass is 19.1. The smallest absolute Gasteiger partial charge is 0.270 e. The minimum atomic E-state index is -0.778. The molecule has 0 aliphatic rings. The van der Waals surface area contributed by atoms with Crippen LogP contribution in [0.5, 0.6) is 0 Å². The Balaban J connectivity index is 2.61. The number of unbranched alkanes of at least 4 members (excludes halogenated alkanes) is 1. The molecule has 6 nitrogen and oxygen atoms in total. The molecule has 0 aliphatic heterocycles. The number of nitro benzene ring substituents is 1. The lowest BCUT2D eigenvalue weighted by molar-refractivity contribution is -0.384. The van der Waals surface area contributed by atoms with Gasteiger partial charge < -0.3 is 10.1 Å². The van der Waals surface area contributed by atoms with Gasteiger partial charge in [-0.15, -0.1) is 0 Å². The van der Waals surface area contributed by atoms with Crippen LogP contribution in [0.3, 0.4) is 0 Å². The number of rotatable bonds is 7. The van der Waals surface area contributed by atoms with E-state index in [4.69, 9.17) is 4.74 Å². The maximum Gasteiger partial charge on any atom is 0.270 e. The fourth-order valence-corrected chi connectivity index (χ4v) is 1.47. The van der Waals surface area contributed by atoms with Crippen molar-refractivity contribution in [1.82, 2.24) is 5.32 Å². The summed E-state index contributed by atoms with van der Waals surface area (Å²) in [7, 11) is 1.58. The SMILES string of the molecule is COCCCCNC(=O)c1cc([N+](=O)[O-])ccc1F. The van der Waals surface area contributed by atoms with Crippen LogP contribution >= 0.6 is 0 Å². The molecule has 0 heterocycles. The molecule has 0 atom stereocenters. The number of carbonyl (C=O) groups is 1. The molecule has 1 rings (SSSR count). The van der Waals surface area contributed by atoms with Gasteiger partial charge in [-0.25, -0.2) is 4.39 Å². The molecule has 7 heteroatoms. The Labute approximate surface area is 109 Å². The van der Waals surface area contributed by atoms with Crippen LogP contribution in [0.25, 0.3) is 0 Å². The average Bonchev–Trinajstić information content (AvgIpc) is 2.38. The third-order valence-corrected chi connectivity index (χ3v) is 2.47. The van der Waals surface area contributed by atoms with Crippen molar-refractivity contribution >= 4 is 11.6 Å². The summed E-state index contributed by atoms with van der Waals surface area (Å²) >= 11 is 0. The number of ether oxygens (including phenoxy) is 1. The van der Waals surface area contributed by atoms with E-state index in [2.05, 4.69) is 5.32 Å². The first-order valence-electron chi connectivity index (χ1n) is 5.77. The lowest BCUT2D eigenvalue weighted by Crippen LogP contribution is -2.25. The molecule has 0 spiro atoms. The first-order valence-corrected chi connectivity index (χ1v) is 5.77. The van der Waals surface area contributed by atoms with Gasteiger partial charge in [-0.3, -0.25) is 14.9 Å². The number of benzene rings is 1. The predicted molar refractivity (Wildman–Crippen MR) is 66.5 cm³/mol. The first-order chi connectivity index (χ1) is 9.06. The van der Waals surface area contributed by atoms with E-state index in [-0.39, 0.29) is 11.3 Å². The molecule has 0 aliphatic carbocycles. The number of amides is 1. The molecule has 104 valence electrons. The molecule has 19 heavy (non-hydrogen) atoms. The topological polar surface area (TPSA) is 81.5 Å². The molecule has 0 radical (unpaired) electrons. The molecular weight excluding hydrogens is 255 g/mol. The standard InChI is InChI=1S/C12H15FN2O4/c1-19-7-3-2-6-14-12(16)10-8-9(15(17)18)4-5-11(10)13/h4-5,8H,2-3,6-7H2,1H3,(H,14,16). The van der Waals surface area contributed by atoms with Crippen molar-refractivity contribution in [2.75, 3.05) is 20.3 Å². The van der Waals surface area contributed by atoms with E-state index in [1.54, 1.807) is 7.11 Å². The molecule has 1 amide bonds. The third kappa shape index (κ3) is 4.63. The number of non-ortho nitro benzene ring substituents is 1. The Hall–Kier alpha value is -2.02. The maximum absolute atomic E-state index is 13.4. The highest BCUT2D eigenvalue weighted by Gasteiger charge is 2.16. The van der Waals surface area contributed by atoms with Crippen LogP contribution in [-0.2, 0) is 4.74 Å². The maximum atomic E-state index is 13.4. The molecule has 0 saturated heterocycles. The molecule has 1 aromatic carbocycles. The van der Waals surface area contributed by atoms with Crippen LogP contribution < -0.4 is 5.32 Å². The zero-order valence-electron chi connectivity index (χ0n) is 10.5. The van der Waals surface area contributed by atoms with Gasteiger partial charge >= 0.3 is 0 Å². The third-order valence-electron chi connectivity index (χ3n) is 2.47. The van der Waals surface area contributed by atoms with Gasteiger partial charge in [-0.1, -0.05) is 0 Å². The van der Waals surface area contributed by atoms with Gasteiger partial charge in [-0.2, -0.15) is 0 Å². The van der Waals surface area contributed by atoms with Gasteiger partial charge in [0.25, 0.3) is 11.6 Å². The quantitative estimate of drug-likeness (QED) is 0.466. The molecule has 1 N–H and O–H groups in total. The summed E-state index contributed by atoms with van der Waals surface area (Å²) < 4.78 is 18.3. The number of nitro groups is 1. The Kier molecular flexibility index (Phi) is 5.87. The number of hydrogen-bond acceptors (Lipinski definition) is 4. The van der Waals surface area contributed by atoms with Crippen LogP contribution in [0, 0.1) is 15.9 Å². The molecule has 0 saturated carbocycles. The molecule has 0 bridgehead atoms. The zero-order chi connectivity index (χ0) is 14.3. The fraction of sp³-hybridized carbons (Fsp3) is 0.417. The summed E-state index contributed by atoms with van der Waals surface area (Å²) in [5, 5.41) is 13.1. The molecule has 0 aromatic heterocycles. The lowest BCUT2D eigenvalue weighted by Gasteiger charge is -2.06. The van der Waals surface area contributed by atoms with Crippen molar-refractivity contribution < 1.29 is 18.8 Å². The van der Waals surface area contributed by atoms with Crippen molar-refractivity contribution in [2.24, 2.45) is 0 Å². The Bertz CT molecular complexity index is 465. The van der Waals surface area contributed by atoms with E-state index in [1.807, 2.05) is 0 Å². The van der Waals surface area contributed by atoms with E-state index in [1.165, 1.54) is 0 Å². The highest BCUT2D eigenvalue weighted by Crippen LogP contribution is 2.16. The monoisotopic (exact) mass is 270 g/mol. The zero-order valence-corrected chi connectivity index (χ0v) is 10.5. The number of halogens is 1. The van der Waals surface area contributed by atoms with Crippen LogP contribution in [0.1, 0.15) is 23.2 Å². The van der Waals surface area contributed by atoms with Crippen molar-refractivity contribution in [1.29, 1.82) is 0 Å². The predicted octanol–water partition coefficient (Wildman–Crippen LogP) is 1.89. The van der Waals surface area contributed by atoms with Gasteiger partial charge in [-0.05, 0) is 18.9 Å². The molecule has 1 aromatic rings. The Morgan fingerprint density at radius 2 is 2.21 bits per heavy atom. The number of methoxy groups -OCH3 is 1. The van der Waals surface area contributed by atoms with E-state index >= 15 is 0 Å². The van der Waals surface area contributed by atoms with Crippen molar-refractivity contribution in [3.8, 4) is 0 Å². The van der Waals surface area contributed by atoms with E-state index in [0.29, 0.717) is 19.6 Å². The molecule has 0 unspecified atom stereocenters. The van der Waals surface area contributed by atoms with Gasteiger partial charge in [0.05, 0.1) is 10.5 Å².